The minimum absolute atomic E-state index is 0.0318. The largest absolute Gasteiger partial charge is 0.303 e. The highest BCUT2D eigenvalue weighted by molar-refractivity contribution is 5.53. The predicted molar refractivity (Wildman–Crippen MR) is 80.2 cm³/mol. The van der Waals surface area contributed by atoms with Crippen LogP contribution in [0, 0.1) is 12.8 Å². The lowest BCUT2D eigenvalue weighted by Gasteiger charge is -2.32. The average molecular weight is 259 g/mol. The number of aldehydes is 1. The molecule has 0 aromatic carbocycles. The first-order valence-corrected chi connectivity index (χ1v) is 6.89. The normalized spacial score (nSPS) is 15.4. The molecule has 0 amide bonds. The van der Waals surface area contributed by atoms with E-state index in [1.54, 1.807) is 0 Å². The summed E-state index contributed by atoms with van der Waals surface area (Å²) in [5.74, 6) is 0.0650. The summed E-state index contributed by atoms with van der Waals surface area (Å²) in [6.07, 6.45) is 8.87. The molecule has 0 spiro atoms. The maximum absolute atomic E-state index is 11.0. The van der Waals surface area contributed by atoms with E-state index in [4.69, 9.17) is 0 Å². The van der Waals surface area contributed by atoms with Crippen molar-refractivity contribution >= 4 is 6.29 Å². The van der Waals surface area contributed by atoms with Gasteiger partial charge in [-0.25, -0.2) is 0 Å². The van der Waals surface area contributed by atoms with Crippen molar-refractivity contribution in [2.45, 2.75) is 52.9 Å². The Labute approximate surface area is 117 Å². The number of rotatable bonds is 6. The lowest BCUT2D eigenvalue weighted by atomic mass is 9.72. The van der Waals surface area contributed by atoms with Crippen LogP contribution < -0.4 is 0 Å². The first-order valence-electron chi connectivity index (χ1n) is 6.89. The second-order valence-corrected chi connectivity index (χ2v) is 6.05. The zero-order chi connectivity index (χ0) is 14.5. The highest BCUT2D eigenvalue weighted by Gasteiger charge is 2.29. The van der Waals surface area contributed by atoms with Crippen molar-refractivity contribution in [1.29, 1.82) is 0 Å². The van der Waals surface area contributed by atoms with E-state index in [-0.39, 0.29) is 11.3 Å². The third-order valence-electron chi connectivity index (χ3n) is 3.65. The Kier molecular flexibility index (Phi) is 5.46. The maximum atomic E-state index is 11.0. The summed E-state index contributed by atoms with van der Waals surface area (Å²) in [7, 11) is 0. The quantitative estimate of drug-likeness (QED) is 0.565. The minimum atomic E-state index is -0.0318. The molecule has 0 aliphatic heterocycles. The number of aryl methyl sites for hydroxylation is 1. The SMILES string of the molecule is CC(C)=CCC(C)(CC(C)C=O)c1cnccc1C. The number of carbonyl (C=O) groups is 1. The van der Waals surface area contributed by atoms with E-state index < -0.39 is 0 Å². The lowest BCUT2D eigenvalue weighted by Crippen LogP contribution is -2.26. The van der Waals surface area contributed by atoms with E-state index >= 15 is 0 Å². The Hall–Kier alpha value is -1.44. The number of pyridine rings is 1. The Morgan fingerprint density at radius 3 is 2.68 bits per heavy atom. The van der Waals surface area contributed by atoms with Crippen LogP contribution in [0.1, 0.15) is 51.7 Å². The van der Waals surface area contributed by atoms with Crippen LogP contribution in [0.5, 0.6) is 0 Å². The van der Waals surface area contributed by atoms with E-state index in [0.29, 0.717) is 0 Å². The van der Waals surface area contributed by atoms with Crippen molar-refractivity contribution < 1.29 is 4.79 Å². The van der Waals surface area contributed by atoms with Crippen molar-refractivity contribution in [2.75, 3.05) is 0 Å². The second kappa shape index (κ2) is 6.65. The molecule has 1 aromatic rings. The lowest BCUT2D eigenvalue weighted by molar-refractivity contribution is -0.111. The molecule has 2 nitrogen and oxygen atoms in total. The minimum Gasteiger partial charge on any atom is -0.303 e. The molecule has 0 aliphatic carbocycles. The fraction of sp³-hybridized carbons (Fsp3) is 0.529. The molecule has 0 radical (unpaired) electrons. The molecule has 1 heterocycles. The third kappa shape index (κ3) is 4.30. The molecule has 0 saturated heterocycles. The van der Waals surface area contributed by atoms with Crippen LogP contribution in [-0.4, -0.2) is 11.3 Å². The van der Waals surface area contributed by atoms with Gasteiger partial charge in [-0.2, -0.15) is 0 Å². The molecule has 0 fully saturated rings. The van der Waals surface area contributed by atoms with Crippen LogP contribution in [0.4, 0.5) is 0 Å². The van der Waals surface area contributed by atoms with Crippen LogP contribution in [-0.2, 0) is 10.2 Å². The van der Waals surface area contributed by atoms with Crippen LogP contribution in [0.15, 0.2) is 30.1 Å². The van der Waals surface area contributed by atoms with Crippen molar-refractivity contribution in [3.05, 3.63) is 41.2 Å². The first-order chi connectivity index (χ1) is 8.89. The summed E-state index contributed by atoms with van der Waals surface area (Å²) in [5, 5.41) is 0. The molecular weight excluding hydrogens is 234 g/mol. The van der Waals surface area contributed by atoms with Crippen molar-refractivity contribution in [3.63, 3.8) is 0 Å². The average Bonchev–Trinajstić information content (AvgIpc) is 2.36. The zero-order valence-corrected chi connectivity index (χ0v) is 12.7. The molecule has 1 aromatic heterocycles. The molecule has 19 heavy (non-hydrogen) atoms. The first kappa shape index (κ1) is 15.6. The van der Waals surface area contributed by atoms with Gasteiger partial charge in [0.25, 0.3) is 0 Å². The Morgan fingerprint density at radius 1 is 1.47 bits per heavy atom. The van der Waals surface area contributed by atoms with E-state index in [2.05, 4.69) is 38.8 Å². The Morgan fingerprint density at radius 2 is 2.16 bits per heavy atom. The number of allylic oxidation sites excluding steroid dienone is 2. The summed E-state index contributed by atoms with van der Waals surface area (Å²) in [4.78, 5) is 15.3. The van der Waals surface area contributed by atoms with E-state index in [0.717, 1.165) is 19.1 Å². The molecular formula is C17H25NO. The number of carbonyl (C=O) groups excluding carboxylic acids is 1. The van der Waals surface area contributed by atoms with Crippen LogP contribution in [0.3, 0.4) is 0 Å². The number of hydrogen-bond donors (Lipinski definition) is 0. The van der Waals surface area contributed by atoms with Crippen LogP contribution >= 0.6 is 0 Å². The Bertz CT molecular complexity index is 460. The fourth-order valence-corrected chi connectivity index (χ4v) is 2.59. The monoisotopic (exact) mass is 259 g/mol. The summed E-state index contributed by atoms with van der Waals surface area (Å²) in [5.41, 5.74) is 3.78. The molecule has 2 heteroatoms. The van der Waals surface area contributed by atoms with Crippen molar-refractivity contribution in [1.82, 2.24) is 4.98 Å². The second-order valence-electron chi connectivity index (χ2n) is 6.05. The number of hydrogen-bond acceptors (Lipinski definition) is 2. The smallest absolute Gasteiger partial charge is 0.122 e. The van der Waals surface area contributed by atoms with Gasteiger partial charge in [0.15, 0.2) is 0 Å². The van der Waals surface area contributed by atoms with Crippen LogP contribution in [0.25, 0.3) is 0 Å². The third-order valence-corrected chi connectivity index (χ3v) is 3.65. The standard InChI is InChI=1S/C17H25NO/c1-13(2)6-8-17(5,10-14(3)12-19)16-11-18-9-7-15(16)4/h6-7,9,11-12,14H,8,10H2,1-5H3. The topological polar surface area (TPSA) is 30.0 Å². The molecule has 0 aliphatic rings. The molecule has 1 rings (SSSR count). The highest BCUT2D eigenvalue weighted by atomic mass is 16.1. The molecule has 2 atom stereocenters. The molecule has 0 N–H and O–H groups in total. The fourth-order valence-electron chi connectivity index (χ4n) is 2.59. The van der Waals surface area contributed by atoms with E-state index in [9.17, 15) is 4.79 Å². The van der Waals surface area contributed by atoms with Crippen molar-refractivity contribution in [3.8, 4) is 0 Å². The van der Waals surface area contributed by atoms with Gasteiger partial charge in [0.05, 0.1) is 0 Å². The number of aromatic nitrogens is 1. The van der Waals surface area contributed by atoms with Gasteiger partial charge in [-0.1, -0.05) is 25.5 Å². The van der Waals surface area contributed by atoms with Gasteiger partial charge in [-0.05, 0) is 56.2 Å². The molecule has 0 saturated carbocycles. The van der Waals surface area contributed by atoms with Gasteiger partial charge in [0.2, 0.25) is 0 Å². The summed E-state index contributed by atoms with van der Waals surface area (Å²) in [6, 6.07) is 2.04. The molecule has 0 bridgehead atoms. The Balaban J connectivity index is 3.14. The van der Waals surface area contributed by atoms with Gasteiger partial charge in [-0.15, -0.1) is 0 Å². The molecule has 2 unspecified atom stereocenters. The van der Waals surface area contributed by atoms with Crippen molar-refractivity contribution in [2.24, 2.45) is 5.92 Å². The summed E-state index contributed by atoms with van der Waals surface area (Å²) in [6.45, 7) is 10.6. The summed E-state index contributed by atoms with van der Waals surface area (Å²) >= 11 is 0. The zero-order valence-electron chi connectivity index (χ0n) is 12.7. The highest BCUT2D eigenvalue weighted by Crippen LogP contribution is 2.36. The number of nitrogens with zero attached hydrogens (tertiary/aromatic N) is 1. The van der Waals surface area contributed by atoms with Gasteiger partial charge in [-0.3, -0.25) is 4.98 Å². The van der Waals surface area contributed by atoms with Crippen LogP contribution in [0.2, 0.25) is 0 Å². The van der Waals surface area contributed by atoms with E-state index in [1.165, 1.54) is 16.7 Å². The van der Waals surface area contributed by atoms with Gasteiger partial charge < -0.3 is 4.79 Å². The molecule has 104 valence electrons. The summed E-state index contributed by atoms with van der Waals surface area (Å²) < 4.78 is 0. The van der Waals surface area contributed by atoms with Gasteiger partial charge >= 0.3 is 0 Å². The van der Waals surface area contributed by atoms with Gasteiger partial charge in [0.1, 0.15) is 6.29 Å². The maximum Gasteiger partial charge on any atom is 0.122 e. The van der Waals surface area contributed by atoms with E-state index in [1.807, 2.05) is 25.4 Å². The predicted octanol–water partition coefficient (Wildman–Crippen LogP) is 4.23. The van der Waals surface area contributed by atoms with Gasteiger partial charge in [0, 0.05) is 18.3 Å².